The molecule has 0 spiro atoms. The number of aromatic nitrogens is 2. The van der Waals surface area contributed by atoms with E-state index in [4.69, 9.17) is 9.47 Å². The molecule has 2 aromatic carbocycles. The summed E-state index contributed by atoms with van der Waals surface area (Å²) in [6.45, 7) is 1.18. The third kappa shape index (κ3) is 4.51. The molecule has 0 bridgehead atoms. The lowest BCUT2D eigenvalue weighted by atomic mass is 10.1. The second kappa shape index (κ2) is 8.66. The first-order valence-electron chi connectivity index (χ1n) is 9.16. The molecular formula is C21H18BrFN4O3. The van der Waals surface area contributed by atoms with E-state index in [9.17, 15) is 9.18 Å². The third-order valence-electron chi connectivity index (χ3n) is 4.58. The number of rotatable bonds is 6. The lowest BCUT2D eigenvalue weighted by Crippen LogP contribution is -2.54. The maximum Gasteiger partial charge on any atom is 0.275 e. The fraction of sp³-hybridized carbons (Fsp3) is 0.190. The average Bonchev–Trinajstić information content (AvgIpc) is 2.73. The predicted molar refractivity (Wildman–Crippen MR) is 114 cm³/mol. The fourth-order valence-electron chi connectivity index (χ4n) is 2.92. The number of methoxy groups -OCH3 is 1. The van der Waals surface area contributed by atoms with E-state index >= 15 is 0 Å². The van der Waals surface area contributed by atoms with Crippen molar-refractivity contribution in [2.24, 2.45) is 0 Å². The van der Waals surface area contributed by atoms with Crippen molar-refractivity contribution in [2.75, 3.05) is 30.4 Å². The number of hydrogen-bond donors (Lipinski definition) is 1. The number of nitrogens with zero attached hydrogens (tertiary/aromatic N) is 3. The van der Waals surface area contributed by atoms with Gasteiger partial charge in [0.2, 0.25) is 0 Å². The quantitative estimate of drug-likeness (QED) is 0.585. The minimum absolute atomic E-state index is 0.0806. The SMILES string of the molecule is COc1ccc(NC(=O)c2cnc(N3CC(Oc4cc(F)ccc4Br)C3)cn2)cc1. The molecule has 1 aliphatic heterocycles. The fourth-order valence-corrected chi connectivity index (χ4v) is 3.26. The highest BCUT2D eigenvalue weighted by Gasteiger charge is 2.30. The van der Waals surface area contributed by atoms with Crippen LogP contribution in [0.25, 0.3) is 0 Å². The second-order valence-electron chi connectivity index (χ2n) is 6.66. The Balaban J connectivity index is 1.31. The van der Waals surface area contributed by atoms with Gasteiger partial charge in [-0.05, 0) is 52.3 Å². The Hall–Kier alpha value is -3.20. The number of ether oxygens (including phenoxy) is 2. The number of carbonyl (C=O) groups is 1. The smallest absolute Gasteiger partial charge is 0.275 e. The van der Waals surface area contributed by atoms with E-state index < -0.39 is 0 Å². The molecule has 1 saturated heterocycles. The van der Waals surface area contributed by atoms with Gasteiger partial charge >= 0.3 is 0 Å². The van der Waals surface area contributed by atoms with Crippen molar-refractivity contribution < 1.29 is 18.7 Å². The molecule has 0 radical (unpaired) electrons. The molecule has 0 atom stereocenters. The number of nitrogens with one attached hydrogen (secondary N) is 1. The van der Waals surface area contributed by atoms with E-state index in [0.29, 0.717) is 40.6 Å². The van der Waals surface area contributed by atoms with Crippen LogP contribution in [0.1, 0.15) is 10.5 Å². The Bertz CT molecular complexity index is 1040. The minimum atomic E-state index is -0.348. The van der Waals surface area contributed by atoms with Crippen LogP contribution in [0.3, 0.4) is 0 Å². The summed E-state index contributed by atoms with van der Waals surface area (Å²) in [5, 5.41) is 2.76. The van der Waals surface area contributed by atoms with Gasteiger partial charge in [-0.2, -0.15) is 0 Å². The van der Waals surface area contributed by atoms with Crippen LogP contribution in [-0.4, -0.2) is 42.2 Å². The molecular weight excluding hydrogens is 455 g/mol. The third-order valence-corrected chi connectivity index (χ3v) is 5.23. The molecule has 3 aromatic rings. The molecule has 0 unspecified atom stereocenters. The van der Waals surface area contributed by atoms with E-state index in [1.807, 2.05) is 4.90 Å². The number of hydrogen-bond acceptors (Lipinski definition) is 6. The van der Waals surface area contributed by atoms with Gasteiger partial charge in [0.25, 0.3) is 5.91 Å². The van der Waals surface area contributed by atoms with Crippen LogP contribution in [0.4, 0.5) is 15.9 Å². The molecule has 30 heavy (non-hydrogen) atoms. The van der Waals surface area contributed by atoms with Crippen LogP contribution in [0, 0.1) is 5.82 Å². The number of amides is 1. The highest BCUT2D eigenvalue weighted by atomic mass is 79.9. The Kier molecular flexibility index (Phi) is 5.80. The maximum absolute atomic E-state index is 13.4. The first kappa shape index (κ1) is 20.1. The Morgan fingerprint density at radius 2 is 1.93 bits per heavy atom. The van der Waals surface area contributed by atoms with Crippen molar-refractivity contribution in [3.05, 3.63) is 70.8 Å². The summed E-state index contributed by atoms with van der Waals surface area (Å²) < 4.78 is 25.0. The van der Waals surface area contributed by atoms with Crippen LogP contribution < -0.4 is 19.7 Å². The van der Waals surface area contributed by atoms with Crippen LogP contribution in [0.2, 0.25) is 0 Å². The van der Waals surface area contributed by atoms with Crippen LogP contribution in [0.15, 0.2) is 59.3 Å². The molecule has 1 aromatic heterocycles. The Labute approximate surface area is 181 Å². The van der Waals surface area contributed by atoms with E-state index in [-0.39, 0.29) is 23.5 Å². The number of carbonyl (C=O) groups excluding carboxylic acids is 1. The molecule has 7 nitrogen and oxygen atoms in total. The summed E-state index contributed by atoms with van der Waals surface area (Å²) >= 11 is 3.35. The van der Waals surface area contributed by atoms with Gasteiger partial charge in [-0.15, -0.1) is 0 Å². The van der Waals surface area contributed by atoms with Crippen molar-refractivity contribution in [3.63, 3.8) is 0 Å². The van der Waals surface area contributed by atoms with Gasteiger partial charge in [-0.1, -0.05) is 0 Å². The Morgan fingerprint density at radius 1 is 1.17 bits per heavy atom. The van der Waals surface area contributed by atoms with Crippen LogP contribution >= 0.6 is 15.9 Å². The van der Waals surface area contributed by atoms with Crippen LogP contribution in [-0.2, 0) is 0 Å². The highest BCUT2D eigenvalue weighted by Crippen LogP contribution is 2.29. The van der Waals surface area contributed by atoms with Crippen LogP contribution in [0.5, 0.6) is 11.5 Å². The summed E-state index contributed by atoms with van der Waals surface area (Å²) in [6, 6.07) is 11.3. The van der Waals surface area contributed by atoms with E-state index in [0.717, 1.165) is 0 Å². The van der Waals surface area contributed by atoms with E-state index in [2.05, 4.69) is 31.2 Å². The van der Waals surface area contributed by atoms with Crippen molar-refractivity contribution in [1.82, 2.24) is 9.97 Å². The molecule has 0 aliphatic carbocycles. The lowest BCUT2D eigenvalue weighted by Gasteiger charge is -2.39. The number of halogens is 2. The zero-order valence-electron chi connectivity index (χ0n) is 16.0. The van der Waals surface area contributed by atoms with Crippen molar-refractivity contribution in [2.45, 2.75) is 6.10 Å². The van der Waals surface area contributed by atoms with E-state index in [1.54, 1.807) is 43.6 Å². The largest absolute Gasteiger partial charge is 0.497 e. The summed E-state index contributed by atoms with van der Waals surface area (Å²) in [7, 11) is 1.58. The van der Waals surface area contributed by atoms with Gasteiger partial charge < -0.3 is 19.7 Å². The predicted octanol–water partition coefficient (Wildman–Crippen LogP) is 3.91. The summed E-state index contributed by atoms with van der Waals surface area (Å²) in [5.74, 6) is 1.13. The van der Waals surface area contributed by atoms with Gasteiger partial charge in [-0.3, -0.25) is 4.79 Å². The lowest BCUT2D eigenvalue weighted by molar-refractivity contribution is 0.102. The average molecular weight is 473 g/mol. The van der Waals surface area contributed by atoms with Gasteiger partial charge in [0, 0.05) is 11.8 Å². The monoisotopic (exact) mass is 472 g/mol. The molecule has 2 heterocycles. The van der Waals surface area contributed by atoms with Crippen molar-refractivity contribution in [3.8, 4) is 11.5 Å². The van der Waals surface area contributed by atoms with E-state index in [1.165, 1.54) is 18.3 Å². The highest BCUT2D eigenvalue weighted by molar-refractivity contribution is 9.10. The maximum atomic E-state index is 13.4. The summed E-state index contributed by atoms with van der Waals surface area (Å²) in [6.07, 6.45) is 2.91. The zero-order chi connectivity index (χ0) is 21.1. The topological polar surface area (TPSA) is 76.6 Å². The molecule has 1 N–H and O–H groups in total. The second-order valence-corrected chi connectivity index (χ2v) is 7.52. The van der Waals surface area contributed by atoms with Gasteiger partial charge in [0.05, 0.1) is 37.1 Å². The number of benzene rings is 2. The first-order valence-corrected chi connectivity index (χ1v) is 9.95. The minimum Gasteiger partial charge on any atom is -0.497 e. The molecule has 9 heteroatoms. The van der Waals surface area contributed by atoms with Gasteiger partial charge in [0.1, 0.15) is 34.9 Å². The van der Waals surface area contributed by atoms with Crippen molar-refractivity contribution in [1.29, 1.82) is 0 Å². The standard InChI is InChI=1S/C21H18BrFN4O3/c1-29-15-5-3-14(4-6-15)26-21(28)18-9-25-20(10-24-18)27-11-16(12-27)30-19-8-13(23)2-7-17(19)22/h2-10,16H,11-12H2,1H3,(H,26,28). The first-order chi connectivity index (χ1) is 14.5. The molecule has 1 amide bonds. The summed E-state index contributed by atoms with van der Waals surface area (Å²) in [4.78, 5) is 22.8. The molecule has 1 fully saturated rings. The normalized spacial score (nSPS) is 13.5. The van der Waals surface area contributed by atoms with Gasteiger partial charge in [-0.25, -0.2) is 14.4 Å². The van der Waals surface area contributed by atoms with Gasteiger partial charge in [0.15, 0.2) is 0 Å². The summed E-state index contributed by atoms with van der Waals surface area (Å²) in [5.41, 5.74) is 0.851. The molecule has 0 saturated carbocycles. The molecule has 4 rings (SSSR count). The number of anilines is 2. The Morgan fingerprint density at radius 3 is 2.60 bits per heavy atom. The molecule has 154 valence electrons. The molecule has 1 aliphatic rings. The van der Waals surface area contributed by atoms with Crippen molar-refractivity contribution >= 4 is 33.3 Å². The zero-order valence-corrected chi connectivity index (χ0v) is 17.6.